The molecule has 0 radical (unpaired) electrons. The highest BCUT2D eigenvalue weighted by Gasteiger charge is 2.34. The lowest BCUT2D eigenvalue weighted by molar-refractivity contribution is -0.118. The summed E-state index contributed by atoms with van der Waals surface area (Å²) in [6, 6.07) is 0.515. The molecule has 0 spiro atoms. The van der Waals surface area contributed by atoms with Gasteiger partial charge in [-0.25, -0.2) is 4.39 Å². The summed E-state index contributed by atoms with van der Waals surface area (Å²) < 4.78 is 14.5. The number of alkyl halides is 1. The molecular formula is C15H30FN3O. The molecule has 1 aliphatic heterocycles. The van der Waals surface area contributed by atoms with Gasteiger partial charge in [0.2, 0.25) is 5.91 Å². The Morgan fingerprint density at radius 2 is 1.85 bits per heavy atom. The molecule has 1 amide bonds. The topological polar surface area (TPSA) is 44.4 Å². The van der Waals surface area contributed by atoms with Crippen molar-refractivity contribution in [3.8, 4) is 0 Å². The molecule has 4 nitrogen and oxygen atoms in total. The molecule has 0 saturated carbocycles. The van der Waals surface area contributed by atoms with Crippen molar-refractivity contribution < 1.29 is 9.18 Å². The molecule has 0 aromatic rings. The van der Waals surface area contributed by atoms with E-state index < -0.39 is 5.67 Å². The highest BCUT2D eigenvalue weighted by atomic mass is 19.1. The summed E-state index contributed by atoms with van der Waals surface area (Å²) in [5, 5.41) is 5.98. The zero-order valence-electron chi connectivity index (χ0n) is 13.2. The van der Waals surface area contributed by atoms with Crippen molar-refractivity contribution in [1.82, 2.24) is 15.5 Å². The average Bonchev–Trinajstić information content (AvgIpc) is 2.37. The molecule has 0 aromatic carbocycles. The van der Waals surface area contributed by atoms with E-state index in [4.69, 9.17) is 0 Å². The summed E-state index contributed by atoms with van der Waals surface area (Å²) in [6.07, 6.45) is 3.16. The van der Waals surface area contributed by atoms with Crippen molar-refractivity contribution in [2.75, 3.05) is 32.7 Å². The Labute approximate surface area is 122 Å². The number of amides is 1. The van der Waals surface area contributed by atoms with E-state index in [2.05, 4.69) is 29.4 Å². The molecule has 118 valence electrons. The van der Waals surface area contributed by atoms with Gasteiger partial charge < -0.3 is 15.5 Å². The summed E-state index contributed by atoms with van der Waals surface area (Å²) in [4.78, 5) is 13.0. The molecule has 1 rings (SSSR count). The number of nitrogens with one attached hydrogen (secondary N) is 2. The van der Waals surface area contributed by atoms with Crippen molar-refractivity contribution in [3.05, 3.63) is 0 Å². The lowest BCUT2D eigenvalue weighted by Crippen LogP contribution is -2.49. The van der Waals surface area contributed by atoms with Crippen LogP contribution in [0.25, 0.3) is 0 Å². The van der Waals surface area contributed by atoms with E-state index in [0.717, 1.165) is 32.5 Å². The normalized spacial score (nSPS) is 19.2. The van der Waals surface area contributed by atoms with Crippen LogP contribution < -0.4 is 10.6 Å². The number of piperidine rings is 1. The van der Waals surface area contributed by atoms with Gasteiger partial charge in [-0.3, -0.25) is 4.79 Å². The quantitative estimate of drug-likeness (QED) is 0.668. The average molecular weight is 287 g/mol. The minimum atomic E-state index is -1.04. The summed E-state index contributed by atoms with van der Waals surface area (Å²) in [5.41, 5.74) is -1.04. The second-order valence-corrected chi connectivity index (χ2v) is 6.15. The first-order valence-corrected chi connectivity index (χ1v) is 7.81. The molecule has 0 bridgehead atoms. The molecule has 1 saturated heterocycles. The van der Waals surface area contributed by atoms with Crippen LogP contribution in [0.5, 0.6) is 0 Å². The number of rotatable bonds is 8. The summed E-state index contributed by atoms with van der Waals surface area (Å²) in [7, 11) is 0. The highest BCUT2D eigenvalue weighted by molar-refractivity contribution is 5.72. The second kappa shape index (κ2) is 8.57. The Kier molecular flexibility index (Phi) is 7.45. The minimum absolute atomic E-state index is 0.0117. The fourth-order valence-electron chi connectivity index (χ4n) is 2.57. The molecule has 2 N–H and O–H groups in total. The maximum atomic E-state index is 14.5. The van der Waals surface area contributed by atoms with E-state index in [1.54, 1.807) is 0 Å². The van der Waals surface area contributed by atoms with Gasteiger partial charge in [0.05, 0.1) is 0 Å². The number of hydrogen-bond donors (Lipinski definition) is 2. The fraction of sp³-hybridized carbons (Fsp3) is 0.933. The number of hydrogen-bond acceptors (Lipinski definition) is 3. The highest BCUT2D eigenvalue weighted by Crippen LogP contribution is 2.26. The van der Waals surface area contributed by atoms with Gasteiger partial charge in [-0.15, -0.1) is 0 Å². The third-order valence-electron chi connectivity index (χ3n) is 4.02. The standard InChI is InChI=1S/C15H30FN3O/c1-13(2)19-10-6-15(16,7-11-19)12-17-8-4-5-9-18-14(3)20/h13,17H,4-12H2,1-3H3,(H,18,20). The molecule has 1 heterocycles. The van der Waals surface area contributed by atoms with Crippen molar-refractivity contribution >= 4 is 5.91 Å². The monoisotopic (exact) mass is 287 g/mol. The van der Waals surface area contributed by atoms with E-state index in [1.807, 2.05) is 0 Å². The number of carbonyl (C=O) groups excluding carboxylic acids is 1. The fourth-order valence-corrected chi connectivity index (χ4v) is 2.57. The lowest BCUT2D eigenvalue weighted by atomic mass is 9.92. The molecular weight excluding hydrogens is 257 g/mol. The van der Waals surface area contributed by atoms with Crippen LogP contribution in [0.15, 0.2) is 0 Å². The maximum Gasteiger partial charge on any atom is 0.216 e. The lowest BCUT2D eigenvalue weighted by Gasteiger charge is -2.38. The second-order valence-electron chi connectivity index (χ2n) is 6.15. The molecule has 0 aliphatic carbocycles. The number of nitrogens with zero attached hydrogens (tertiary/aromatic N) is 1. The first kappa shape index (κ1) is 17.4. The van der Waals surface area contributed by atoms with Gasteiger partial charge in [-0.05, 0) is 46.1 Å². The Bertz CT molecular complexity index is 289. The smallest absolute Gasteiger partial charge is 0.216 e. The summed E-state index contributed by atoms with van der Waals surface area (Å²) in [5.74, 6) is 0.0117. The number of unbranched alkanes of at least 4 members (excludes halogenated alkanes) is 1. The summed E-state index contributed by atoms with van der Waals surface area (Å²) >= 11 is 0. The first-order valence-electron chi connectivity index (χ1n) is 7.81. The van der Waals surface area contributed by atoms with Gasteiger partial charge in [-0.2, -0.15) is 0 Å². The number of likely N-dealkylation sites (tertiary alicyclic amines) is 1. The van der Waals surface area contributed by atoms with Crippen molar-refractivity contribution in [3.63, 3.8) is 0 Å². The molecule has 0 aromatic heterocycles. The van der Waals surface area contributed by atoms with Crippen molar-refractivity contribution in [2.24, 2.45) is 0 Å². The molecule has 1 fully saturated rings. The Hall–Kier alpha value is -0.680. The zero-order valence-corrected chi connectivity index (χ0v) is 13.2. The van der Waals surface area contributed by atoms with E-state index in [0.29, 0.717) is 32.0 Å². The van der Waals surface area contributed by atoms with Gasteiger partial charge in [0.1, 0.15) is 5.67 Å². The van der Waals surface area contributed by atoms with Gasteiger partial charge in [0.25, 0.3) is 0 Å². The Morgan fingerprint density at radius 1 is 1.25 bits per heavy atom. The largest absolute Gasteiger partial charge is 0.356 e. The van der Waals surface area contributed by atoms with Crippen LogP contribution >= 0.6 is 0 Å². The molecule has 5 heteroatoms. The van der Waals surface area contributed by atoms with Crippen LogP contribution in [0, 0.1) is 0 Å². The number of halogens is 1. The Balaban J connectivity index is 2.05. The van der Waals surface area contributed by atoms with E-state index in [9.17, 15) is 9.18 Å². The predicted molar refractivity (Wildman–Crippen MR) is 80.6 cm³/mol. The number of carbonyl (C=O) groups is 1. The third kappa shape index (κ3) is 6.66. The van der Waals surface area contributed by atoms with E-state index >= 15 is 0 Å². The van der Waals surface area contributed by atoms with Crippen molar-refractivity contribution in [2.45, 2.75) is 58.2 Å². The maximum absolute atomic E-state index is 14.5. The van der Waals surface area contributed by atoms with E-state index in [1.165, 1.54) is 6.92 Å². The molecule has 0 unspecified atom stereocenters. The minimum Gasteiger partial charge on any atom is -0.356 e. The van der Waals surface area contributed by atoms with Crippen LogP contribution in [0.1, 0.15) is 46.5 Å². The molecule has 1 aliphatic rings. The van der Waals surface area contributed by atoms with Crippen LogP contribution in [-0.4, -0.2) is 55.2 Å². The predicted octanol–water partition coefficient (Wildman–Crippen LogP) is 1.70. The SMILES string of the molecule is CC(=O)NCCCCNCC1(F)CCN(C(C)C)CC1. The van der Waals surface area contributed by atoms with E-state index in [-0.39, 0.29) is 5.91 Å². The molecule has 0 atom stereocenters. The zero-order chi connectivity index (χ0) is 15.0. The van der Waals surface area contributed by atoms with Gasteiger partial charge in [0.15, 0.2) is 0 Å². The van der Waals surface area contributed by atoms with Gasteiger partial charge >= 0.3 is 0 Å². The van der Waals surface area contributed by atoms with Crippen LogP contribution in [0.4, 0.5) is 4.39 Å². The molecule has 20 heavy (non-hydrogen) atoms. The van der Waals surface area contributed by atoms with Crippen LogP contribution in [0.3, 0.4) is 0 Å². The van der Waals surface area contributed by atoms with Crippen LogP contribution in [-0.2, 0) is 4.79 Å². The Morgan fingerprint density at radius 3 is 2.40 bits per heavy atom. The van der Waals surface area contributed by atoms with Gasteiger partial charge in [-0.1, -0.05) is 0 Å². The third-order valence-corrected chi connectivity index (χ3v) is 4.02. The van der Waals surface area contributed by atoms with Gasteiger partial charge in [0, 0.05) is 39.1 Å². The van der Waals surface area contributed by atoms with Crippen molar-refractivity contribution in [1.29, 1.82) is 0 Å². The summed E-state index contributed by atoms with van der Waals surface area (Å²) in [6.45, 7) is 9.56. The van der Waals surface area contributed by atoms with Crippen LogP contribution in [0.2, 0.25) is 0 Å². The first-order chi connectivity index (χ1) is 9.43.